The minimum absolute atomic E-state index is 0.179. The maximum Gasteiger partial charge on any atom is 0.107 e. The molecule has 15 heavy (non-hydrogen) atoms. The van der Waals surface area contributed by atoms with E-state index in [-0.39, 0.29) is 5.41 Å². The second-order valence-electron chi connectivity index (χ2n) is 4.10. The Labute approximate surface area is 107 Å². The number of aliphatic hydroxyl groups is 1. The summed E-state index contributed by atoms with van der Waals surface area (Å²) in [7, 11) is 0. The van der Waals surface area contributed by atoms with Crippen molar-refractivity contribution in [3.05, 3.63) is 19.8 Å². The number of hydrogen-bond donors (Lipinski definition) is 2. The highest BCUT2D eigenvalue weighted by Gasteiger charge is 2.41. The summed E-state index contributed by atoms with van der Waals surface area (Å²) in [6.07, 6.45) is 2.29. The van der Waals surface area contributed by atoms with E-state index in [0.29, 0.717) is 6.61 Å². The van der Waals surface area contributed by atoms with Gasteiger partial charge >= 0.3 is 0 Å². The first-order valence-corrected chi connectivity index (χ1v) is 6.89. The summed E-state index contributed by atoms with van der Waals surface area (Å²) in [6.45, 7) is 2.03. The lowest BCUT2D eigenvalue weighted by Crippen LogP contribution is -2.25. The largest absolute Gasteiger partial charge is 0.396 e. The number of hydrogen-bond acceptors (Lipinski definition) is 3. The van der Waals surface area contributed by atoms with Crippen molar-refractivity contribution >= 4 is 38.9 Å². The predicted octanol–water partition coefficient (Wildman–Crippen LogP) is 3.03. The molecule has 0 saturated heterocycles. The molecule has 84 valence electrons. The molecule has 0 bridgehead atoms. The molecule has 1 aliphatic carbocycles. The van der Waals surface area contributed by atoms with Gasteiger partial charge in [-0.2, -0.15) is 0 Å². The van der Waals surface area contributed by atoms with E-state index in [4.69, 9.17) is 16.7 Å². The third kappa shape index (κ3) is 2.94. The summed E-state index contributed by atoms with van der Waals surface area (Å²) in [5.74, 6) is 0. The number of thiophene rings is 1. The van der Waals surface area contributed by atoms with Crippen LogP contribution in [0.15, 0.2) is 10.5 Å². The second kappa shape index (κ2) is 4.72. The average molecular weight is 311 g/mol. The molecule has 0 aromatic carbocycles. The van der Waals surface area contributed by atoms with Gasteiger partial charge < -0.3 is 10.4 Å². The van der Waals surface area contributed by atoms with Crippen LogP contribution >= 0.6 is 38.9 Å². The zero-order valence-corrected chi connectivity index (χ0v) is 11.4. The summed E-state index contributed by atoms with van der Waals surface area (Å²) in [4.78, 5) is 1.22. The predicted molar refractivity (Wildman–Crippen MR) is 67.5 cm³/mol. The van der Waals surface area contributed by atoms with Crippen LogP contribution in [-0.4, -0.2) is 18.3 Å². The Balaban J connectivity index is 1.78. The maximum atomic E-state index is 9.14. The minimum atomic E-state index is 0.179. The van der Waals surface area contributed by atoms with Gasteiger partial charge in [-0.15, -0.1) is 11.3 Å². The normalized spacial score (nSPS) is 18.1. The first-order chi connectivity index (χ1) is 7.15. The highest BCUT2D eigenvalue weighted by molar-refractivity contribution is 9.10. The van der Waals surface area contributed by atoms with Gasteiger partial charge in [0.05, 0.1) is 0 Å². The lowest BCUT2D eigenvalue weighted by atomic mass is 10.1. The molecule has 2 N–H and O–H groups in total. The van der Waals surface area contributed by atoms with E-state index in [0.717, 1.165) is 34.7 Å². The number of halogens is 2. The molecule has 1 aromatic rings. The van der Waals surface area contributed by atoms with Crippen LogP contribution in [0.2, 0.25) is 4.34 Å². The van der Waals surface area contributed by atoms with Gasteiger partial charge in [-0.3, -0.25) is 0 Å². The molecular formula is C10H13BrClNOS. The Kier molecular flexibility index (Phi) is 3.73. The molecule has 1 saturated carbocycles. The van der Waals surface area contributed by atoms with Gasteiger partial charge in [0.2, 0.25) is 0 Å². The van der Waals surface area contributed by atoms with Crippen LogP contribution in [-0.2, 0) is 6.54 Å². The molecule has 1 aromatic heterocycles. The zero-order valence-electron chi connectivity index (χ0n) is 8.22. The first-order valence-electron chi connectivity index (χ1n) is 4.90. The molecule has 2 nitrogen and oxygen atoms in total. The molecular weight excluding hydrogens is 298 g/mol. The van der Waals surface area contributed by atoms with Crippen LogP contribution in [0.25, 0.3) is 0 Å². The molecule has 0 spiro atoms. The molecule has 0 aliphatic heterocycles. The Hall–Kier alpha value is 0.390. The fourth-order valence-corrected chi connectivity index (χ4v) is 3.26. The van der Waals surface area contributed by atoms with Crippen LogP contribution < -0.4 is 5.32 Å². The summed E-state index contributed by atoms with van der Waals surface area (Å²) < 4.78 is 1.77. The standard InChI is InChI=1S/C10H13BrClNOS/c11-8-3-7(15-9(8)12)4-13-5-10(6-14)1-2-10/h3,13-14H,1-2,4-6H2. The molecule has 1 heterocycles. The topological polar surface area (TPSA) is 32.3 Å². The highest BCUT2D eigenvalue weighted by atomic mass is 79.9. The van der Waals surface area contributed by atoms with E-state index in [2.05, 4.69) is 21.2 Å². The van der Waals surface area contributed by atoms with Crippen molar-refractivity contribution < 1.29 is 5.11 Å². The number of rotatable bonds is 5. The molecule has 0 amide bonds. The van der Waals surface area contributed by atoms with Crippen molar-refractivity contribution in [2.24, 2.45) is 5.41 Å². The van der Waals surface area contributed by atoms with E-state index in [1.165, 1.54) is 4.88 Å². The van der Waals surface area contributed by atoms with Crippen molar-refractivity contribution in [3.63, 3.8) is 0 Å². The molecule has 1 aliphatic rings. The lowest BCUT2D eigenvalue weighted by Gasteiger charge is -2.11. The molecule has 5 heteroatoms. The van der Waals surface area contributed by atoms with Gasteiger partial charge in [-0.05, 0) is 34.8 Å². The first kappa shape index (κ1) is 11.9. The van der Waals surface area contributed by atoms with Crippen molar-refractivity contribution in [3.8, 4) is 0 Å². The average Bonchev–Trinajstić information content (AvgIpc) is 2.91. The van der Waals surface area contributed by atoms with Crippen molar-refractivity contribution in [1.82, 2.24) is 5.32 Å². The SMILES string of the molecule is OCC1(CNCc2cc(Br)c(Cl)s2)CC1. The molecule has 0 radical (unpaired) electrons. The van der Waals surface area contributed by atoms with Crippen molar-refractivity contribution in [2.45, 2.75) is 19.4 Å². The van der Waals surface area contributed by atoms with Gasteiger partial charge in [-0.1, -0.05) is 11.6 Å². The summed E-state index contributed by atoms with van der Waals surface area (Å²) in [6, 6.07) is 2.04. The third-order valence-electron chi connectivity index (χ3n) is 2.79. The summed E-state index contributed by atoms with van der Waals surface area (Å²) in [5, 5.41) is 12.5. The fourth-order valence-electron chi connectivity index (χ4n) is 1.50. The summed E-state index contributed by atoms with van der Waals surface area (Å²) in [5.41, 5.74) is 0.179. The Morgan fingerprint density at radius 2 is 2.33 bits per heavy atom. The van der Waals surface area contributed by atoms with E-state index in [1.807, 2.05) is 6.07 Å². The van der Waals surface area contributed by atoms with Gasteiger partial charge in [-0.25, -0.2) is 0 Å². The van der Waals surface area contributed by atoms with Crippen molar-refractivity contribution in [1.29, 1.82) is 0 Å². The van der Waals surface area contributed by atoms with Crippen LogP contribution in [0.1, 0.15) is 17.7 Å². The van der Waals surface area contributed by atoms with Gasteiger partial charge in [0.1, 0.15) is 4.34 Å². The van der Waals surface area contributed by atoms with Crippen LogP contribution in [0.5, 0.6) is 0 Å². The Morgan fingerprint density at radius 1 is 1.60 bits per heavy atom. The van der Waals surface area contributed by atoms with Crippen LogP contribution in [0.4, 0.5) is 0 Å². The maximum absolute atomic E-state index is 9.14. The molecule has 0 unspecified atom stereocenters. The highest BCUT2D eigenvalue weighted by Crippen LogP contribution is 2.44. The van der Waals surface area contributed by atoms with Gasteiger partial charge in [0, 0.05) is 34.5 Å². The van der Waals surface area contributed by atoms with Crippen LogP contribution in [0.3, 0.4) is 0 Å². The summed E-state index contributed by atoms with van der Waals surface area (Å²) >= 11 is 10.9. The monoisotopic (exact) mass is 309 g/mol. The Morgan fingerprint density at radius 3 is 2.80 bits per heavy atom. The van der Waals surface area contributed by atoms with E-state index >= 15 is 0 Å². The van der Waals surface area contributed by atoms with E-state index in [9.17, 15) is 0 Å². The fraction of sp³-hybridized carbons (Fsp3) is 0.600. The van der Waals surface area contributed by atoms with E-state index < -0.39 is 0 Å². The second-order valence-corrected chi connectivity index (χ2v) is 6.69. The van der Waals surface area contributed by atoms with Gasteiger partial charge in [0.15, 0.2) is 0 Å². The lowest BCUT2D eigenvalue weighted by molar-refractivity contribution is 0.207. The number of nitrogens with one attached hydrogen (secondary N) is 1. The molecule has 0 atom stereocenters. The quantitative estimate of drug-likeness (QED) is 0.876. The zero-order chi connectivity index (χ0) is 10.9. The van der Waals surface area contributed by atoms with E-state index in [1.54, 1.807) is 11.3 Å². The smallest absolute Gasteiger partial charge is 0.107 e. The number of aliphatic hydroxyl groups excluding tert-OH is 1. The molecule has 1 fully saturated rings. The van der Waals surface area contributed by atoms with Crippen LogP contribution in [0, 0.1) is 5.41 Å². The molecule has 2 rings (SSSR count). The van der Waals surface area contributed by atoms with Gasteiger partial charge in [0.25, 0.3) is 0 Å². The van der Waals surface area contributed by atoms with Crippen molar-refractivity contribution in [2.75, 3.05) is 13.2 Å². The third-order valence-corrected chi connectivity index (χ3v) is 5.26. The minimum Gasteiger partial charge on any atom is -0.396 e. The Bertz CT molecular complexity index is 332.